The molecule has 2 aromatic carbocycles. The standard InChI is InChI=1S/C28H32FN3O3/c1-4-21-7-9-22(10-8-21)28(29)11-13-32(14-12-28)26(33)24-17-25(20(3)16-19(24)2)31-27(34)30-18-23-6-5-15-35-23/h1,7-10,16-17,23H,5-6,11-15,18H2,2-3H3,(H2,30,31,34)/t23-/m1/s1. The Kier molecular flexibility index (Phi) is 7.42. The smallest absolute Gasteiger partial charge is 0.319 e. The first kappa shape index (κ1) is 24.7. The second kappa shape index (κ2) is 10.5. The number of urea groups is 1. The van der Waals surface area contributed by atoms with Crippen molar-refractivity contribution in [3.05, 3.63) is 64.2 Å². The molecule has 6 nitrogen and oxygen atoms in total. The zero-order valence-corrected chi connectivity index (χ0v) is 20.3. The molecule has 184 valence electrons. The number of ether oxygens (including phenoxy) is 1. The van der Waals surface area contributed by atoms with Crippen molar-refractivity contribution in [1.29, 1.82) is 0 Å². The normalized spacial score (nSPS) is 19.1. The number of nitrogens with one attached hydrogen (secondary N) is 2. The van der Waals surface area contributed by atoms with Crippen LogP contribution in [0.3, 0.4) is 0 Å². The van der Waals surface area contributed by atoms with Crippen LogP contribution in [0.1, 0.15) is 58.3 Å². The maximum atomic E-state index is 15.7. The maximum absolute atomic E-state index is 15.7. The summed E-state index contributed by atoms with van der Waals surface area (Å²) in [7, 11) is 0. The van der Waals surface area contributed by atoms with E-state index in [1.54, 1.807) is 35.2 Å². The molecular formula is C28H32FN3O3. The molecule has 0 radical (unpaired) electrons. The second-order valence-corrected chi connectivity index (χ2v) is 9.43. The summed E-state index contributed by atoms with van der Waals surface area (Å²) in [6.07, 6.45) is 7.83. The highest BCUT2D eigenvalue weighted by Gasteiger charge is 2.38. The lowest BCUT2D eigenvalue weighted by Gasteiger charge is -2.37. The van der Waals surface area contributed by atoms with Crippen LogP contribution in [0.2, 0.25) is 0 Å². The lowest BCUT2D eigenvalue weighted by molar-refractivity contribution is 0.0421. The molecule has 0 unspecified atom stereocenters. The summed E-state index contributed by atoms with van der Waals surface area (Å²) < 4.78 is 21.2. The largest absolute Gasteiger partial charge is 0.376 e. The number of likely N-dealkylation sites (tertiary alicyclic amines) is 1. The predicted molar refractivity (Wildman–Crippen MR) is 134 cm³/mol. The number of hydrogen-bond donors (Lipinski definition) is 2. The average Bonchev–Trinajstić information content (AvgIpc) is 3.38. The number of anilines is 1. The molecule has 2 N–H and O–H groups in total. The summed E-state index contributed by atoms with van der Waals surface area (Å²) in [5.41, 5.74) is 2.59. The van der Waals surface area contributed by atoms with Gasteiger partial charge in [0, 0.05) is 55.9 Å². The zero-order chi connectivity index (χ0) is 25.0. The Hall–Kier alpha value is -3.37. The number of halogens is 1. The number of carbonyl (C=O) groups excluding carboxylic acids is 2. The van der Waals surface area contributed by atoms with Gasteiger partial charge in [-0.05, 0) is 61.6 Å². The Bertz CT molecular complexity index is 1130. The molecule has 0 spiro atoms. The summed E-state index contributed by atoms with van der Waals surface area (Å²) in [4.78, 5) is 27.4. The number of benzene rings is 2. The molecule has 2 aromatic rings. The number of carbonyl (C=O) groups is 2. The molecule has 0 aliphatic carbocycles. The van der Waals surface area contributed by atoms with Crippen LogP contribution >= 0.6 is 0 Å². The molecule has 1 atom stereocenters. The third-order valence-corrected chi connectivity index (χ3v) is 6.98. The lowest BCUT2D eigenvalue weighted by atomic mass is 9.85. The highest BCUT2D eigenvalue weighted by atomic mass is 19.1. The van der Waals surface area contributed by atoms with Crippen LogP contribution < -0.4 is 10.6 Å². The molecule has 0 saturated carbocycles. The first-order valence-corrected chi connectivity index (χ1v) is 12.1. The van der Waals surface area contributed by atoms with Crippen molar-refractivity contribution in [2.24, 2.45) is 0 Å². The quantitative estimate of drug-likeness (QED) is 0.614. The highest BCUT2D eigenvalue weighted by molar-refractivity contribution is 5.98. The van der Waals surface area contributed by atoms with Gasteiger partial charge in [-0.25, -0.2) is 9.18 Å². The summed E-state index contributed by atoms with van der Waals surface area (Å²) in [5, 5.41) is 5.69. The fraction of sp³-hybridized carbons (Fsp3) is 0.429. The van der Waals surface area contributed by atoms with Crippen LogP contribution in [0.25, 0.3) is 0 Å². The summed E-state index contributed by atoms with van der Waals surface area (Å²) in [6.45, 7) is 5.56. The fourth-order valence-corrected chi connectivity index (χ4v) is 4.78. The topological polar surface area (TPSA) is 70.7 Å². The second-order valence-electron chi connectivity index (χ2n) is 9.43. The van der Waals surface area contributed by atoms with Gasteiger partial charge < -0.3 is 20.3 Å². The Balaban J connectivity index is 1.40. The Morgan fingerprint density at radius 3 is 2.51 bits per heavy atom. The van der Waals surface area contributed by atoms with Crippen molar-refractivity contribution in [3.8, 4) is 12.3 Å². The van der Waals surface area contributed by atoms with E-state index in [1.165, 1.54) is 0 Å². The number of alkyl halides is 1. The molecular weight excluding hydrogens is 445 g/mol. The van der Waals surface area contributed by atoms with Crippen LogP contribution in [0.4, 0.5) is 14.9 Å². The molecule has 2 saturated heterocycles. The van der Waals surface area contributed by atoms with Crippen molar-refractivity contribution in [2.45, 2.75) is 51.3 Å². The van der Waals surface area contributed by atoms with Crippen LogP contribution in [0, 0.1) is 26.2 Å². The zero-order valence-electron chi connectivity index (χ0n) is 20.3. The first-order chi connectivity index (χ1) is 16.8. The van der Waals surface area contributed by atoms with Crippen molar-refractivity contribution in [3.63, 3.8) is 0 Å². The van der Waals surface area contributed by atoms with Crippen LogP contribution in [0.15, 0.2) is 36.4 Å². The summed E-state index contributed by atoms with van der Waals surface area (Å²) >= 11 is 0. The molecule has 7 heteroatoms. The van der Waals surface area contributed by atoms with Gasteiger partial charge in [0.1, 0.15) is 5.67 Å². The number of terminal acetylenes is 1. The predicted octanol–water partition coefficient (Wildman–Crippen LogP) is 4.69. The number of piperidine rings is 1. The minimum absolute atomic E-state index is 0.0500. The summed E-state index contributed by atoms with van der Waals surface area (Å²) in [6, 6.07) is 10.2. The van der Waals surface area contributed by atoms with Crippen molar-refractivity contribution < 1.29 is 18.7 Å². The minimum atomic E-state index is -1.49. The van der Waals surface area contributed by atoms with Gasteiger partial charge in [-0.1, -0.05) is 24.1 Å². The van der Waals surface area contributed by atoms with E-state index >= 15 is 4.39 Å². The SMILES string of the molecule is C#Cc1ccc(C2(F)CCN(C(=O)c3cc(NC(=O)NC[C@H]4CCCO4)c(C)cc3C)CC2)cc1. The van der Waals surface area contributed by atoms with Gasteiger partial charge in [-0.15, -0.1) is 6.42 Å². The Morgan fingerprint density at radius 2 is 1.89 bits per heavy atom. The number of rotatable bonds is 5. The van der Waals surface area contributed by atoms with Crippen molar-refractivity contribution in [1.82, 2.24) is 10.2 Å². The van der Waals surface area contributed by atoms with Gasteiger partial charge in [-0.2, -0.15) is 0 Å². The van der Waals surface area contributed by atoms with Gasteiger partial charge in [0.05, 0.1) is 6.10 Å². The molecule has 3 amide bonds. The maximum Gasteiger partial charge on any atom is 0.319 e. The fourth-order valence-electron chi connectivity index (χ4n) is 4.78. The lowest BCUT2D eigenvalue weighted by Crippen LogP contribution is -2.43. The Labute approximate surface area is 206 Å². The number of aryl methyl sites for hydroxylation is 2. The van der Waals surface area contributed by atoms with E-state index in [0.29, 0.717) is 42.0 Å². The third-order valence-electron chi connectivity index (χ3n) is 6.98. The molecule has 0 bridgehead atoms. The van der Waals surface area contributed by atoms with Gasteiger partial charge in [0.2, 0.25) is 0 Å². The van der Waals surface area contributed by atoms with E-state index in [4.69, 9.17) is 11.2 Å². The van der Waals surface area contributed by atoms with E-state index in [2.05, 4.69) is 16.6 Å². The monoisotopic (exact) mass is 477 g/mol. The van der Waals surface area contributed by atoms with Crippen LogP contribution in [-0.2, 0) is 10.4 Å². The molecule has 2 heterocycles. The van der Waals surface area contributed by atoms with Gasteiger partial charge in [0.15, 0.2) is 0 Å². The van der Waals surface area contributed by atoms with E-state index < -0.39 is 5.67 Å². The highest BCUT2D eigenvalue weighted by Crippen LogP contribution is 2.37. The summed E-state index contributed by atoms with van der Waals surface area (Å²) in [5.74, 6) is 2.39. The molecule has 4 rings (SSSR count). The van der Waals surface area contributed by atoms with Crippen molar-refractivity contribution >= 4 is 17.6 Å². The van der Waals surface area contributed by atoms with Gasteiger partial charge >= 0.3 is 6.03 Å². The van der Waals surface area contributed by atoms with Crippen molar-refractivity contribution in [2.75, 3.05) is 31.6 Å². The van der Waals surface area contributed by atoms with Gasteiger partial charge in [0.25, 0.3) is 5.91 Å². The number of hydrogen-bond acceptors (Lipinski definition) is 3. The van der Waals surface area contributed by atoms with E-state index in [1.807, 2.05) is 19.9 Å². The van der Waals surface area contributed by atoms with E-state index in [0.717, 1.165) is 30.6 Å². The number of nitrogens with zero attached hydrogens (tertiary/aromatic N) is 1. The van der Waals surface area contributed by atoms with E-state index in [9.17, 15) is 9.59 Å². The average molecular weight is 478 g/mol. The molecule has 35 heavy (non-hydrogen) atoms. The Morgan fingerprint density at radius 1 is 1.17 bits per heavy atom. The minimum Gasteiger partial charge on any atom is -0.376 e. The molecule has 2 aliphatic heterocycles. The van der Waals surface area contributed by atoms with Crippen LogP contribution in [0.5, 0.6) is 0 Å². The van der Waals surface area contributed by atoms with E-state index in [-0.39, 0.29) is 30.9 Å². The number of amides is 3. The van der Waals surface area contributed by atoms with Gasteiger partial charge in [-0.3, -0.25) is 4.79 Å². The third kappa shape index (κ3) is 5.66. The van der Waals surface area contributed by atoms with Crippen LogP contribution in [-0.4, -0.2) is 49.2 Å². The molecule has 2 fully saturated rings. The molecule has 0 aromatic heterocycles. The first-order valence-electron chi connectivity index (χ1n) is 12.1. The molecule has 2 aliphatic rings.